The number of amides is 1. The van der Waals surface area contributed by atoms with Crippen molar-refractivity contribution in [2.24, 2.45) is 5.73 Å². The summed E-state index contributed by atoms with van der Waals surface area (Å²) in [6.07, 6.45) is 0.337. The molecule has 3 aromatic rings. The molecule has 20 heavy (non-hydrogen) atoms. The van der Waals surface area contributed by atoms with Crippen molar-refractivity contribution < 1.29 is 4.79 Å². The molecule has 2 aromatic heterocycles. The maximum atomic E-state index is 10.8. The molecule has 0 aliphatic carbocycles. The van der Waals surface area contributed by atoms with E-state index in [1.165, 1.54) is 22.7 Å². The van der Waals surface area contributed by atoms with Gasteiger partial charge in [-0.05, 0) is 24.6 Å². The van der Waals surface area contributed by atoms with Gasteiger partial charge in [0.2, 0.25) is 5.91 Å². The summed E-state index contributed by atoms with van der Waals surface area (Å²) >= 11 is 1.49. The number of fused-ring (bicyclic) bond motifs is 3. The van der Waals surface area contributed by atoms with Crippen LogP contribution in [-0.2, 0) is 4.79 Å². The van der Waals surface area contributed by atoms with Gasteiger partial charge in [0.1, 0.15) is 0 Å². The van der Waals surface area contributed by atoms with Gasteiger partial charge < -0.3 is 5.73 Å². The van der Waals surface area contributed by atoms with Crippen molar-refractivity contribution >= 4 is 34.2 Å². The van der Waals surface area contributed by atoms with E-state index in [0.29, 0.717) is 12.2 Å². The molecule has 0 saturated heterocycles. The zero-order valence-corrected chi connectivity index (χ0v) is 11.9. The van der Waals surface area contributed by atoms with E-state index in [1.807, 2.05) is 22.6 Å². The van der Waals surface area contributed by atoms with Crippen LogP contribution in [0.15, 0.2) is 35.5 Å². The fraction of sp³-hybridized carbons (Fsp3) is 0.214. The first kappa shape index (κ1) is 12.9. The predicted octanol–water partition coefficient (Wildman–Crippen LogP) is 2.16. The zero-order chi connectivity index (χ0) is 14.1. The van der Waals surface area contributed by atoms with E-state index in [0.717, 1.165) is 16.3 Å². The number of carbonyl (C=O) groups is 1. The number of carbonyl (C=O) groups excluding carboxylic acids is 1. The maximum Gasteiger partial charge on any atom is 0.218 e. The number of pyridine rings is 1. The van der Waals surface area contributed by atoms with Crippen LogP contribution in [0.3, 0.4) is 0 Å². The highest BCUT2D eigenvalue weighted by Crippen LogP contribution is 2.25. The number of hydrogen-bond donors (Lipinski definition) is 1. The largest absolute Gasteiger partial charge is 0.370 e. The van der Waals surface area contributed by atoms with E-state index in [9.17, 15) is 4.79 Å². The molecule has 0 spiro atoms. The molecule has 0 unspecified atom stereocenters. The van der Waals surface area contributed by atoms with Gasteiger partial charge in [-0.2, -0.15) is 0 Å². The molecule has 1 aromatic carbocycles. The average Bonchev–Trinajstić information content (AvgIpc) is 2.82. The first-order chi connectivity index (χ1) is 9.66. The van der Waals surface area contributed by atoms with E-state index in [2.05, 4.69) is 29.3 Å². The second kappa shape index (κ2) is 5.13. The summed E-state index contributed by atoms with van der Waals surface area (Å²) in [6, 6.07) is 10.2. The molecule has 0 aliphatic rings. The van der Waals surface area contributed by atoms with Crippen LogP contribution in [0, 0.1) is 6.92 Å². The monoisotopic (exact) mass is 286 g/mol. The molecule has 0 bridgehead atoms. The van der Waals surface area contributed by atoms with Crippen molar-refractivity contribution in [3.63, 3.8) is 0 Å². The number of thioether (sulfide) groups is 1. The van der Waals surface area contributed by atoms with E-state index in [1.54, 1.807) is 0 Å². The van der Waals surface area contributed by atoms with Gasteiger partial charge in [0.25, 0.3) is 0 Å². The first-order valence-electron chi connectivity index (χ1n) is 6.31. The van der Waals surface area contributed by atoms with Crippen LogP contribution < -0.4 is 5.73 Å². The number of rotatable bonds is 4. The lowest BCUT2D eigenvalue weighted by Gasteiger charge is -2.06. The third-order valence-corrected chi connectivity index (χ3v) is 4.08. The van der Waals surface area contributed by atoms with E-state index in [4.69, 9.17) is 5.73 Å². The molecule has 2 N–H and O–H groups in total. The Morgan fingerprint density at radius 3 is 2.95 bits per heavy atom. The molecule has 0 saturated carbocycles. The summed E-state index contributed by atoms with van der Waals surface area (Å²) in [7, 11) is 0. The molecular weight excluding hydrogens is 272 g/mol. The normalized spacial score (nSPS) is 11.2. The van der Waals surface area contributed by atoms with Crippen LogP contribution in [0.5, 0.6) is 0 Å². The Kier molecular flexibility index (Phi) is 3.31. The third kappa shape index (κ3) is 2.22. The van der Waals surface area contributed by atoms with Crippen LogP contribution in [0.1, 0.15) is 12.0 Å². The van der Waals surface area contributed by atoms with Gasteiger partial charge in [-0.15, -0.1) is 10.2 Å². The van der Waals surface area contributed by atoms with Crippen LogP contribution in [0.25, 0.3) is 16.6 Å². The third-order valence-electron chi connectivity index (χ3n) is 3.15. The lowest BCUT2D eigenvalue weighted by Crippen LogP contribution is -2.11. The minimum Gasteiger partial charge on any atom is -0.370 e. The van der Waals surface area contributed by atoms with E-state index >= 15 is 0 Å². The Morgan fingerprint density at radius 2 is 2.15 bits per heavy atom. The van der Waals surface area contributed by atoms with Gasteiger partial charge in [-0.25, -0.2) is 0 Å². The number of aryl methyl sites for hydroxylation is 1. The van der Waals surface area contributed by atoms with Crippen molar-refractivity contribution in [3.05, 3.63) is 35.9 Å². The van der Waals surface area contributed by atoms with E-state index in [-0.39, 0.29) is 5.91 Å². The minimum absolute atomic E-state index is 0.299. The Bertz CT molecular complexity index is 796. The fourth-order valence-electron chi connectivity index (χ4n) is 2.21. The smallest absolute Gasteiger partial charge is 0.218 e. The molecule has 6 heteroatoms. The minimum atomic E-state index is -0.299. The number of aromatic nitrogens is 3. The van der Waals surface area contributed by atoms with E-state index < -0.39 is 0 Å². The highest BCUT2D eigenvalue weighted by atomic mass is 32.2. The summed E-state index contributed by atoms with van der Waals surface area (Å²) in [6.45, 7) is 2.07. The molecule has 0 fully saturated rings. The molecule has 0 aliphatic heterocycles. The molecule has 1 amide bonds. The van der Waals surface area contributed by atoms with Crippen molar-refractivity contribution in [3.8, 4) is 0 Å². The Hall–Kier alpha value is -2.08. The van der Waals surface area contributed by atoms with Crippen LogP contribution >= 0.6 is 11.8 Å². The number of para-hydroxylation sites is 1. The second-order valence-corrected chi connectivity index (χ2v) is 5.65. The molecule has 0 atom stereocenters. The summed E-state index contributed by atoms with van der Waals surface area (Å²) in [5.74, 6) is 0.310. The standard InChI is InChI=1S/C14H14N4OS/c1-9-8-13-16-17-14(20-7-6-12(15)19)18(13)11-5-3-2-4-10(9)11/h2-5,8H,6-7H2,1H3,(H2,15,19). The Morgan fingerprint density at radius 1 is 1.35 bits per heavy atom. The highest BCUT2D eigenvalue weighted by molar-refractivity contribution is 7.99. The fourth-order valence-corrected chi connectivity index (χ4v) is 3.12. The number of hydrogen-bond acceptors (Lipinski definition) is 4. The Balaban J connectivity index is 2.10. The summed E-state index contributed by atoms with van der Waals surface area (Å²) in [4.78, 5) is 10.8. The maximum absolute atomic E-state index is 10.8. The number of benzene rings is 1. The van der Waals surface area contributed by atoms with Crippen molar-refractivity contribution in [2.45, 2.75) is 18.5 Å². The molecule has 5 nitrogen and oxygen atoms in total. The molecule has 2 heterocycles. The molecular formula is C14H14N4OS. The average molecular weight is 286 g/mol. The van der Waals surface area contributed by atoms with Crippen LogP contribution in [0.2, 0.25) is 0 Å². The lowest BCUT2D eigenvalue weighted by molar-refractivity contribution is -0.117. The molecule has 102 valence electrons. The number of primary amides is 1. The van der Waals surface area contributed by atoms with Gasteiger partial charge in [0.05, 0.1) is 5.52 Å². The second-order valence-electron chi connectivity index (χ2n) is 4.59. The highest BCUT2D eigenvalue weighted by Gasteiger charge is 2.11. The zero-order valence-electron chi connectivity index (χ0n) is 11.0. The van der Waals surface area contributed by atoms with Gasteiger partial charge in [0.15, 0.2) is 10.8 Å². The van der Waals surface area contributed by atoms with Crippen LogP contribution in [0.4, 0.5) is 0 Å². The predicted molar refractivity (Wildman–Crippen MR) is 79.8 cm³/mol. The first-order valence-corrected chi connectivity index (χ1v) is 7.30. The summed E-state index contributed by atoms with van der Waals surface area (Å²) < 4.78 is 2.02. The SMILES string of the molecule is Cc1cc2nnc(SCCC(N)=O)n2c2ccccc12. The molecule has 3 rings (SSSR count). The van der Waals surface area contributed by atoms with Gasteiger partial charge >= 0.3 is 0 Å². The van der Waals surface area contributed by atoms with Crippen molar-refractivity contribution in [2.75, 3.05) is 5.75 Å². The lowest BCUT2D eigenvalue weighted by atomic mass is 10.1. The summed E-state index contributed by atoms with van der Waals surface area (Å²) in [5.41, 5.74) is 8.23. The number of nitrogens with zero attached hydrogens (tertiary/aromatic N) is 3. The van der Waals surface area contributed by atoms with Gasteiger partial charge in [-0.1, -0.05) is 30.0 Å². The quantitative estimate of drug-likeness (QED) is 0.746. The van der Waals surface area contributed by atoms with Crippen molar-refractivity contribution in [1.29, 1.82) is 0 Å². The summed E-state index contributed by atoms with van der Waals surface area (Å²) in [5, 5.41) is 10.4. The van der Waals surface area contributed by atoms with Crippen molar-refractivity contribution in [1.82, 2.24) is 14.6 Å². The van der Waals surface area contributed by atoms with Gasteiger partial charge in [-0.3, -0.25) is 9.20 Å². The van der Waals surface area contributed by atoms with Crippen LogP contribution in [-0.4, -0.2) is 26.3 Å². The van der Waals surface area contributed by atoms with Gasteiger partial charge in [0, 0.05) is 17.6 Å². The number of nitrogens with two attached hydrogens (primary N) is 1. The molecule has 0 radical (unpaired) electrons. The Labute approximate surface area is 120 Å². The topological polar surface area (TPSA) is 73.3 Å².